The van der Waals surface area contributed by atoms with E-state index in [1.807, 2.05) is 0 Å². The molecule has 0 aliphatic carbocycles. The third-order valence-corrected chi connectivity index (χ3v) is 6.43. The van der Waals surface area contributed by atoms with Gasteiger partial charge in [-0.25, -0.2) is 0 Å². The summed E-state index contributed by atoms with van der Waals surface area (Å²) >= 11 is 2.22. The van der Waals surface area contributed by atoms with Crippen molar-refractivity contribution in [2.24, 2.45) is 5.41 Å². The molecule has 0 amide bonds. The molecule has 2 fully saturated rings. The molecule has 2 rings (SSSR count). The third kappa shape index (κ3) is 3.88. The van der Waals surface area contributed by atoms with Crippen molar-refractivity contribution in [3.05, 3.63) is 0 Å². The molecular weight excluding hydrogens is 240 g/mol. The Morgan fingerprint density at radius 3 is 2.56 bits per heavy atom. The van der Waals surface area contributed by atoms with Crippen molar-refractivity contribution >= 4 is 11.8 Å². The SMILES string of the molecule is CCC1(CC)CCN(CCSC2CCNCC2)C1. The van der Waals surface area contributed by atoms with Crippen LogP contribution in [0.4, 0.5) is 0 Å². The largest absolute Gasteiger partial charge is 0.317 e. The van der Waals surface area contributed by atoms with Crippen molar-refractivity contribution in [1.29, 1.82) is 0 Å². The molecule has 2 saturated heterocycles. The molecule has 0 bridgehead atoms. The van der Waals surface area contributed by atoms with E-state index >= 15 is 0 Å². The summed E-state index contributed by atoms with van der Waals surface area (Å²) in [6.07, 6.45) is 6.90. The molecule has 1 N–H and O–H groups in total. The molecule has 2 heterocycles. The summed E-state index contributed by atoms with van der Waals surface area (Å²) in [6.45, 7) is 11.2. The highest BCUT2D eigenvalue weighted by Gasteiger charge is 2.34. The number of nitrogens with one attached hydrogen (secondary N) is 1. The number of rotatable bonds is 6. The smallest absolute Gasteiger partial charge is 0.00727 e. The summed E-state index contributed by atoms with van der Waals surface area (Å²) < 4.78 is 0. The van der Waals surface area contributed by atoms with Crippen LogP contribution in [0, 0.1) is 5.41 Å². The minimum absolute atomic E-state index is 0.652. The quantitative estimate of drug-likeness (QED) is 0.799. The predicted molar refractivity (Wildman–Crippen MR) is 82.4 cm³/mol. The monoisotopic (exact) mass is 270 g/mol. The van der Waals surface area contributed by atoms with Gasteiger partial charge in [-0.2, -0.15) is 11.8 Å². The maximum absolute atomic E-state index is 3.45. The Kier molecular flexibility index (Phi) is 5.84. The fourth-order valence-corrected chi connectivity index (χ4v) is 4.62. The minimum Gasteiger partial charge on any atom is -0.317 e. The molecule has 2 aliphatic rings. The van der Waals surface area contributed by atoms with E-state index in [4.69, 9.17) is 0 Å². The summed E-state index contributed by atoms with van der Waals surface area (Å²) in [4.78, 5) is 2.71. The van der Waals surface area contributed by atoms with Gasteiger partial charge in [-0.3, -0.25) is 0 Å². The van der Waals surface area contributed by atoms with Gasteiger partial charge in [-0.05, 0) is 57.2 Å². The summed E-state index contributed by atoms with van der Waals surface area (Å²) in [5.74, 6) is 1.34. The lowest BCUT2D eigenvalue weighted by molar-refractivity contribution is 0.247. The van der Waals surface area contributed by atoms with E-state index < -0.39 is 0 Å². The van der Waals surface area contributed by atoms with Gasteiger partial charge in [0.2, 0.25) is 0 Å². The Morgan fingerprint density at radius 1 is 1.22 bits per heavy atom. The summed E-state index contributed by atoms with van der Waals surface area (Å²) in [5, 5.41) is 4.38. The van der Waals surface area contributed by atoms with Gasteiger partial charge in [0.1, 0.15) is 0 Å². The molecule has 0 radical (unpaired) electrons. The predicted octanol–water partition coefficient (Wildman–Crippen LogP) is 2.98. The van der Waals surface area contributed by atoms with Gasteiger partial charge in [0.25, 0.3) is 0 Å². The van der Waals surface area contributed by atoms with Crippen molar-refractivity contribution in [1.82, 2.24) is 10.2 Å². The second-order valence-corrected chi connectivity index (χ2v) is 7.46. The van der Waals surface area contributed by atoms with Crippen molar-refractivity contribution in [3.8, 4) is 0 Å². The molecule has 106 valence electrons. The van der Waals surface area contributed by atoms with Gasteiger partial charge >= 0.3 is 0 Å². The van der Waals surface area contributed by atoms with Crippen LogP contribution in [0.1, 0.15) is 46.0 Å². The Balaban J connectivity index is 1.62. The summed E-state index contributed by atoms with van der Waals surface area (Å²) in [7, 11) is 0. The highest BCUT2D eigenvalue weighted by atomic mass is 32.2. The van der Waals surface area contributed by atoms with Crippen LogP contribution in [0.2, 0.25) is 0 Å². The van der Waals surface area contributed by atoms with Crippen LogP contribution in [0.15, 0.2) is 0 Å². The normalized spacial score (nSPS) is 25.7. The van der Waals surface area contributed by atoms with Crippen molar-refractivity contribution in [2.45, 2.75) is 51.2 Å². The lowest BCUT2D eigenvalue weighted by atomic mass is 9.82. The zero-order valence-corrected chi connectivity index (χ0v) is 13.0. The van der Waals surface area contributed by atoms with Crippen molar-refractivity contribution in [3.63, 3.8) is 0 Å². The molecule has 0 unspecified atom stereocenters. The molecule has 0 aromatic carbocycles. The number of hydrogen-bond acceptors (Lipinski definition) is 3. The fourth-order valence-electron chi connectivity index (χ4n) is 3.36. The van der Waals surface area contributed by atoms with E-state index in [1.165, 1.54) is 70.6 Å². The second-order valence-electron chi connectivity index (χ2n) is 6.05. The van der Waals surface area contributed by atoms with E-state index in [0.717, 1.165) is 5.25 Å². The van der Waals surface area contributed by atoms with Crippen LogP contribution < -0.4 is 5.32 Å². The first-order valence-corrected chi connectivity index (χ1v) is 8.87. The van der Waals surface area contributed by atoms with Crippen LogP contribution in [0.25, 0.3) is 0 Å². The zero-order chi connectivity index (χ0) is 12.8. The van der Waals surface area contributed by atoms with E-state index in [0.29, 0.717) is 5.41 Å². The first-order valence-electron chi connectivity index (χ1n) is 7.83. The van der Waals surface area contributed by atoms with E-state index in [-0.39, 0.29) is 0 Å². The minimum atomic E-state index is 0.652. The molecule has 0 atom stereocenters. The molecule has 3 heteroatoms. The Labute approximate surface area is 117 Å². The molecule has 0 spiro atoms. The molecule has 18 heavy (non-hydrogen) atoms. The van der Waals surface area contributed by atoms with Gasteiger partial charge in [0, 0.05) is 24.1 Å². The van der Waals surface area contributed by atoms with Crippen LogP contribution >= 0.6 is 11.8 Å². The van der Waals surface area contributed by atoms with Crippen molar-refractivity contribution < 1.29 is 0 Å². The summed E-state index contributed by atoms with van der Waals surface area (Å²) in [6, 6.07) is 0. The number of piperidine rings is 1. The Morgan fingerprint density at radius 2 is 1.94 bits per heavy atom. The molecule has 2 nitrogen and oxygen atoms in total. The van der Waals surface area contributed by atoms with Crippen molar-refractivity contribution in [2.75, 3.05) is 38.5 Å². The van der Waals surface area contributed by atoms with Crippen LogP contribution in [-0.2, 0) is 0 Å². The molecule has 0 aromatic rings. The number of hydrogen-bond donors (Lipinski definition) is 1. The van der Waals surface area contributed by atoms with Gasteiger partial charge in [-0.1, -0.05) is 13.8 Å². The van der Waals surface area contributed by atoms with E-state index in [1.54, 1.807) is 0 Å². The second kappa shape index (κ2) is 7.16. The highest BCUT2D eigenvalue weighted by Crippen LogP contribution is 2.37. The number of nitrogens with zero attached hydrogens (tertiary/aromatic N) is 1. The van der Waals surface area contributed by atoms with Gasteiger partial charge in [-0.15, -0.1) is 0 Å². The van der Waals surface area contributed by atoms with Gasteiger partial charge in [0.05, 0.1) is 0 Å². The number of likely N-dealkylation sites (tertiary alicyclic amines) is 1. The zero-order valence-electron chi connectivity index (χ0n) is 12.2. The summed E-state index contributed by atoms with van der Waals surface area (Å²) in [5.41, 5.74) is 0.652. The maximum Gasteiger partial charge on any atom is 0.00727 e. The topological polar surface area (TPSA) is 15.3 Å². The van der Waals surface area contributed by atoms with Crippen LogP contribution in [0.5, 0.6) is 0 Å². The maximum atomic E-state index is 3.45. The fraction of sp³-hybridized carbons (Fsp3) is 1.00. The van der Waals surface area contributed by atoms with Crippen LogP contribution in [-0.4, -0.2) is 48.6 Å². The molecule has 0 aromatic heterocycles. The van der Waals surface area contributed by atoms with E-state index in [9.17, 15) is 0 Å². The average Bonchev–Trinajstić information content (AvgIpc) is 2.84. The van der Waals surface area contributed by atoms with Gasteiger partial charge in [0.15, 0.2) is 0 Å². The Hall–Kier alpha value is 0.270. The van der Waals surface area contributed by atoms with Crippen LogP contribution in [0.3, 0.4) is 0 Å². The Bertz CT molecular complexity index is 235. The third-order valence-electron chi connectivity index (χ3n) is 5.06. The first-order chi connectivity index (χ1) is 8.78. The lowest BCUT2D eigenvalue weighted by Gasteiger charge is -2.27. The number of thioether (sulfide) groups is 1. The average molecular weight is 270 g/mol. The molecule has 2 aliphatic heterocycles. The first kappa shape index (κ1) is 14.7. The molecule has 0 saturated carbocycles. The van der Waals surface area contributed by atoms with E-state index in [2.05, 4.69) is 35.8 Å². The molecular formula is C15H30N2S. The standard InChI is InChI=1S/C15H30N2S/c1-3-15(4-2)7-10-17(13-15)11-12-18-14-5-8-16-9-6-14/h14,16H,3-13H2,1-2H3. The lowest BCUT2D eigenvalue weighted by Crippen LogP contribution is -2.31. The van der Waals surface area contributed by atoms with Gasteiger partial charge < -0.3 is 10.2 Å². The highest BCUT2D eigenvalue weighted by molar-refractivity contribution is 7.99.